The summed E-state index contributed by atoms with van der Waals surface area (Å²) >= 11 is 1.33. The van der Waals surface area contributed by atoms with Crippen molar-refractivity contribution in [3.05, 3.63) is 22.4 Å². The highest BCUT2D eigenvalue weighted by Gasteiger charge is 2.39. The number of carbonyl (C=O) groups is 3. The molecule has 126 valence electrons. The molecule has 0 atom stereocenters. The molecule has 0 saturated heterocycles. The minimum absolute atomic E-state index is 0.0755. The molecule has 23 heavy (non-hydrogen) atoms. The first-order valence-corrected chi connectivity index (χ1v) is 8.78. The summed E-state index contributed by atoms with van der Waals surface area (Å²) in [6.45, 7) is 0.193. The number of aliphatic carboxylic acids is 1. The molecule has 0 spiro atoms. The van der Waals surface area contributed by atoms with Gasteiger partial charge in [0.15, 0.2) is 0 Å². The SMILES string of the molecule is O=C(CCNC(=O)c1cccs1)NC1(C(=O)O)CCCCCC1. The Balaban J connectivity index is 1.82. The molecule has 3 N–H and O–H groups in total. The van der Waals surface area contributed by atoms with Gasteiger partial charge < -0.3 is 15.7 Å². The maximum absolute atomic E-state index is 12.1. The Morgan fingerprint density at radius 3 is 2.43 bits per heavy atom. The van der Waals surface area contributed by atoms with Crippen LogP contribution >= 0.6 is 11.3 Å². The summed E-state index contributed by atoms with van der Waals surface area (Å²) < 4.78 is 0. The van der Waals surface area contributed by atoms with Crippen LogP contribution in [0.2, 0.25) is 0 Å². The second kappa shape index (κ2) is 8.10. The van der Waals surface area contributed by atoms with Crippen molar-refractivity contribution in [3.8, 4) is 0 Å². The van der Waals surface area contributed by atoms with Crippen molar-refractivity contribution in [2.24, 2.45) is 0 Å². The lowest BCUT2D eigenvalue weighted by Gasteiger charge is -2.29. The minimum Gasteiger partial charge on any atom is -0.480 e. The molecule has 0 radical (unpaired) electrons. The molecular formula is C16H22N2O4S. The van der Waals surface area contributed by atoms with E-state index in [1.165, 1.54) is 11.3 Å². The zero-order valence-electron chi connectivity index (χ0n) is 13.0. The number of thiophene rings is 1. The van der Waals surface area contributed by atoms with Gasteiger partial charge in [-0.1, -0.05) is 31.7 Å². The third-order valence-electron chi connectivity index (χ3n) is 4.13. The van der Waals surface area contributed by atoms with Crippen LogP contribution in [-0.4, -0.2) is 35.0 Å². The molecule has 1 heterocycles. The molecule has 0 aromatic carbocycles. The lowest BCUT2D eigenvalue weighted by molar-refractivity contribution is -0.148. The highest BCUT2D eigenvalue weighted by molar-refractivity contribution is 7.12. The molecular weight excluding hydrogens is 316 g/mol. The van der Waals surface area contributed by atoms with E-state index in [4.69, 9.17) is 0 Å². The van der Waals surface area contributed by atoms with E-state index in [9.17, 15) is 19.5 Å². The fraction of sp³-hybridized carbons (Fsp3) is 0.562. The Morgan fingerprint density at radius 1 is 1.17 bits per heavy atom. The Hall–Kier alpha value is -1.89. The third kappa shape index (κ3) is 4.79. The van der Waals surface area contributed by atoms with Gasteiger partial charge in [0.1, 0.15) is 5.54 Å². The van der Waals surface area contributed by atoms with Crippen LogP contribution < -0.4 is 10.6 Å². The standard InChI is InChI=1S/C16H22N2O4S/c19-13(7-10-17-14(20)12-6-5-11-23-12)18-16(15(21)22)8-3-1-2-4-9-16/h5-6,11H,1-4,7-10H2,(H,17,20)(H,18,19)(H,21,22). The fourth-order valence-electron chi connectivity index (χ4n) is 2.84. The predicted octanol–water partition coefficient (Wildman–Crippen LogP) is 2.16. The molecule has 1 saturated carbocycles. The largest absolute Gasteiger partial charge is 0.480 e. The average Bonchev–Trinajstić information content (AvgIpc) is 2.94. The zero-order chi connectivity index (χ0) is 16.7. The number of carboxylic acids is 1. The quantitative estimate of drug-likeness (QED) is 0.693. The number of amides is 2. The van der Waals surface area contributed by atoms with Crippen LogP contribution in [-0.2, 0) is 9.59 Å². The van der Waals surface area contributed by atoms with Gasteiger partial charge in [0, 0.05) is 13.0 Å². The van der Waals surface area contributed by atoms with Crippen LogP contribution in [0, 0.1) is 0 Å². The van der Waals surface area contributed by atoms with E-state index in [1.807, 2.05) is 5.38 Å². The molecule has 1 aromatic rings. The Bertz CT molecular complexity index is 548. The maximum atomic E-state index is 12.1. The topological polar surface area (TPSA) is 95.5 Å². The van der Waals surface area contributed by atoms with Crippen molar-refractivity contribution in [2.75, 3.05) is 6.54 Å². The Labute approximate surface area is 139 Å². The normalized spacial score (nSPS) is 17.0. The van der Waals surface area contributed by atoms with Crippen LogP contribution in [0.1, 0.15) is 54.6 Å². The zero-order valence-corrected chi connectivity index (χ0v) is 13.8. The minimum atomic E-state index is -1.15. The van der Waals surface area contributed by atoms with Crippen molar-refractivity contribution >= 4 is 29.1 Å². The molecule has 0 aliphatic heterocycles. The fourth-order valence-corrected chi connectivity index (χ4v) is 3.48. The molecule has 1 aliphatic rings. The first-order chi connectivity index (χ1) is 11.0. The second-order valence-corrected chi connectivity index (χ2v) is 6.78. The van der Waals surface area contributed by atoms with Gasteiger partial charge in [0.05, 0.1) is 4.88 Å². The molecule has 0 bridgehead atoms. The second-order valence-electron chi connectivity index (χ2n) is 5.83. The third-order valence-corrected chi connectivity index (χ3v) is 5.00. The molecule has 1 aromatic heterocycles. The smallest absolute Gasteiger partial charge is 0.329 e. The summed E-state index contributed by atoms with van der Waals surface area (Å²) in [6, 6.07) is 3.50. The number of carboxylic acid groups (broad SMARTS) is 1. The molecule has 2 rings (SSSR count). The lowest BCUT2D eigenvalue weighted by Crippen LogP contribution is -2.54. The van der Waals surface area contributed by atoms with E-state index < -0.39 is 11.5 Å². The van der Waals surface area contributed by atoms with Crippen LogP contribution in [0.4, 0.5) is 0 Å². The number of rotatable bonds is 6. The van der Waals surface area contributed by atoms with Crippen molar-refractivity contribution < 1.29 is 19.5 Å². The summed E-state index contributed by atoms with van der Waals surface area (Å²) in [4.78, 5) is 36.1. The van der Waals surface area contributed by atoms with Gasteiger partial charge in [0.25, 0.3) is 5.91 Å². The van der Waals surface area contributed by atoms with E-state index in [1.54, 1.807) is 12.1 Å². The summed E-state index contributed by atoms with van der Waals surface area (Å²) in [5, 5.41) is 16.7. The highest BCUT2D eigenvalue weighted by Crippen LogP contribution is 2.27. The monoisotopic (exact) mass is 338 g/mol. The molecule has 1 aliphatic carbocycles. The predicted molar refractivity (Wildman–Crippen MR) is 87.5 cm³/mol. The summed E-state index contributed by atoms with van der Waals surface area (Å²) in [6.07, 6.45) is 4.63. The van der Waals surface area contributed by atoms with Crippen LogP contribution in [0.25, 0.3) is 0 Å². The number of nitrogens with one attached hydrogen (secondary N) is 2. The van der Waals surface area contributed by atoms with E-state index >= 15 is 0 Å². The summed E-state index contributed by atoms with van der Waals surface area (Å²) in [5.41, 5.74) is -1.15. The van der Waals surface area contributed by atoms with Gasteiger partial charge in [-0.05, 0) is 24.3 Å². The first kappa shape index (κ1) is 17.5. The molecule has 7 heteroatoms. The summed E-state index contributed by atoms with van der Waals surface area (Å²) in [5.74, 6) is -1.51. The van der Waals surface area contributed by atoms with Crippen molar-refractivity contribution in [1.82, 2.24) is 10.6 Å². The number of hydrogen-bond acceptors (Lipinski definition) is 4. The molecule has 1 fully saturated rings. The van der Waals surface area contributed by atoms with E-state index in [2.05, 4.69) is 10.6 Å². The van der Waals surface area contributed by atoms with Crippen LogP contribution in [0.3, 0.4) is 0 Å². The van der Waals surface area contributed by atoms with E-state index in [0.717, 1.165) is 25.7 Å². The average molecular weight is 338 g/mol. The summed E-state index contributed by atoms with van der Waals surface area (Å²) in [7, 11) is 0. The van der Waals surface area contributed by atoms with E-state index in [-0.39, 0.29) is 24.8 Å². The van der Waals surface area contributed by atoms with Crippen molar-refractivity contribution in [2.45, 2.75) is 50.5 Å². The highest BCUT2D eigenvalue weighted by atomic mass is 32.1. The first-order valence-electron chi connectivity index (χ1n) is 7.90. The van der Waals surface area contributed by atoms with Gasteiger partial charge in [0.2, 0.25) is 5.91 Å². The molecule has 6 nitrogen and oxygen atoms in total. The van der Waals surface area contributed by atoms with Gasteiger partial charge in [-0.15, -0.1) is 11.3 Å². The molecule has 0 unspecified atom stereocenters. The number of carbonyl (C=O) groups excluding carboxylic acids is 2. The molecule has 2 amide bonds. The van der Waals surface area contributed by atoms with E-state index in [0.29, 0.717) is 17.7 Å². The van der Waals surface area contributed by atoms with Gasteiger partial charge in [-0.2, -0.15) is 0 Å². The van der Waals surface area contributed by atoms with Gasteiger partial charge >= 0.3 is 5.97 Å². The van der Waals surface area contributed by atoms with Crippen LogP contribution in [0.15, 0.2) is 17.5 Å². The Morgan fingerprint density at radius 2 is 1.87 bits per heavy atom. The Kier molecular flexibility index (Phi) is 6.15. The maximum Gasteiger partial charge on any atom is 0.329 e. The van der Waals surface area contributed by atoms with Gasteiger partial charge in [-0.3, -0.25) is 9.59 Å². The van der Waals surface area contributed by atoms with Crippen molar-refractivity contribution in [3.63, 3.8) is 0 Å². The van der Waals surface area contributed by atoms with Gasteiger partial charge in [-0.25, -0.2) is 4.79 Å². The van der Waals surface area contributed by atoms with Crippen LogP contribution in [0.5, 0.6) is 0 Å². The van der Waals surface area contributed by atoms with Crippen molar-refractivity contribution in [1.29, 1.82) is 0 Å². The number of hydrogen-bond donors (Lipinski definition) is 3. The lowest BCUT2D eigenvalue weighted by atomic mass is 9.90.